The van der Waals surface area contributed by atoms with Crippen molar-refractivity contribution < 1.29 is 14.7 Å². The highest BCUT2D eigenvalue weighted by molar-refractivity contribution is 5.93. The van der Waals surface area contributed by atoms with E-state index in [2.05, 4.69) is 13.0 Å². The average molecular weight is 289 g/mol. The molecule has 1 amide bonds. The number of unbranched alkanes of at least 4 members (excludes halogenated alkanes) is 1. The fraction of sp³-hybridized carbons (Fsp3) is 0.529. The monoisotopic (exact) mass is 289 g/mol. The third-order valence-electron chi connectivity index (χ3n) is 4.18. The van der Waals surface area contributed by atoms with Crippen LogP contribution in [-0.2, 0) is 16.0 Å². The number of hydrogen-bond acceptors (Lipinski definition) is 2. The molecule has 1 aliphatic rings. The molecule has 1 heterocycles. The molecule has 0 aliphatic carbocycles. The van der Waals surface area contributed by atoms with Gasteiger partial charge in [-0.05, 0) is 36.0 Å². The number of benzene rings is 1. The zero-order valence-electron chi connectivity index (χ0n) is 12.8. The standard InChI is InChI=1S/C17H23NO3/c1-3-4-5-13(11-17(20)21)14-6-7-16-15(10-14)8-9-18(16)12(2)19/h6-7,10,13H,3-5,8-9,11H2,1-2H3,(H,20,21)/t13-/m0/s1. The smallest absolute Gasteiger partial charge is 0.303 e. The summed E-state index contributed by atoms with van der Waals surface area (Å²) in [7, 11) is 0. The zero-order chi connectivity index (χ0) is 15.4. The van der Waals surface area contributed by atoms with E-state index in [-0.39, 0.29) is 18.2 Å². The van der Waals surface area contributed by atoms with E-state index in [9.17, 15) is 9.59 Å². The first-order valence-corrected chi connectivity index (χ1v) is 7.65. The van der Waals surface area contributed by atoms with Crippen molar-refractivity contribution in [1.82, 2.24) is 0 Å². The summed E-state index contributed by atoms with van der Waals surface area (Å²) in [6, 6.07) is 6.06. The van der Waals surface area contributed by atoms with Crippen LogP contribution in [-0.4, -0.2) is 23.5 Å². The Morgan fingerprint density at radius 1 is 1.38 bits per heavy atom. The van der Waals surface area contributed by atoms with E-state index in [1.807, 2.05) is 12.1 Å². The van der Waals surface area contributed by atoms with Gasteiger partial charge in [0.15, 0.2) is 0 Å². The molecule has 0 aromatic heterocycles. The van der Waals surface area contributed by atoms with Gasteiger partial charge in [-0.25, -0.2) is 0 Å². The van der Waals surface area contributed by atoms with Crippen LogP contribution in [0.5, 0.6) is 0 Å². The maximum atomic E-state index is 11.6. The molecule has 0 fully saturated rings. The maximum Gasteiger partial charge on any atom is 0.303 e. The summed E-state index contributed by atoms with van der Waals surface area (Å²) in [5.41, 5.74) is 3.24. The van der Waals surface area contributed by atoms with Crippen LogP contribution in [0.2, 0.25) is 0 Å². The summed E-state index contributed by atoms with van der Waals surface area (Å²) in [4.78, 5) is 24.4. The summed E-state index contributed by atoms with van der Waals surface area (Å²) in [6.45, 7) is 4.43. The van der Waals surface area contributed by atoms with Gasteiger partial charge < -0.3 is 10.0 Å². The van der Waals surface area contributed by atoms with E-state index in [1.54, 1.807) is 11.8 Å². The number of hydrogen-bond donors (Lipinski definition) is 1. The molecule has 0 radical (unpaired) electrons. The molecular weight excluding hydrogens is 266 g/mol. The van der Waals surface area contributed by atoms with Crippen LogP contribution in [0.15, 0.2) is 18.2 Å². The lowest BCUT2D eigenvalue weighted by Gasteiger charge is -2.18. The molecule has 4 heteroatoms. The fourth-order valence-electron chi connectivity index (χ4n) is 3.05. The average Bonchev–Trinajstić information content (AvgIpc) is 2.86. The van der Waals surface area contributed by atoms with Gasteiger partial charge in [-0.2, -0.15) is 0 Å². The second kappa shape index (κ2) is 6.74. The Morgan fingerprint density at radius 3 is 2.76 bits per heavy atom. The third kappa shape index (κ3) is 3.63. The van der Waals surface area contributed by atoms with Gasteiger partial charge in [0.1, 0.15) is 0 Å². The van der Waals surface area contributed by atoms with E-state index >= 15 is 0 Å². The molecule has 2 rings (SSSR count). The van der Waals surface area contributed by atoms with E-state index in [0.29, 0.717) is 0 Å². The molecule has 0 saturated heterocycles. The minimum atomic E-state index is -0.748. The van der Waals surface area contributed by atoms with E-state index in [1.165, 1.54) is 0 Å². The highest BCUT2D eigenvalue weighted by atomic mass is 16.4. The van der Waals surface area contributed by atoms with Crippen molar-refractivity contribution in [3.05, 3.63) is 29.3 Å². The molecule has 1 aliphatic heterocycles. The third-order valence-corrected chi connectivity index (χ3v) is 4.18. The molecule has 0 bridgehead atoms. The molecule has 0 unspecified atom stereocenters. The van der Waals surface area contributed by atoms with Gasteiger partial charge in [-0.3, -0.25) is 9.59 Å². The highest BCUT2D eigenvalue weighted by Gasteiger charge is 2.24. The van der Waals surface area contributed by atoms with Crippen LogP contribution in [0.25, 0.3) is 0 Å². The topological polar surface area (TPSA) is 57.6 Å². The van der Waals surface area contributed by atoms with Gasteiger partial charge in [0.25, 0.3) is 0 Å². The largest absolute Gasteiger partial charge is 0.481 e. The van der Waals surface area contributed by atoms with Crippen LogP contribution >= 0.6 is 0 Å². The van der Waals surface area contributed by atoms with Crippen molar-refractivity contribution in [2.24, 2.45) is 0 Å². The van der Waals surface area contributed by atoms with Crippen molar-refractivity contribution in [3.63, 3.8) is 0 Å². The quantitative estimate of drug-likeness (QED) is 0.873. The summed E-state index contributed by atoms with van der Waals surface area (Å²) in [5.74, 6) is -0.615. The fourth-order valence-corrected chi connectivity index (χ4v) is 3.05. The van der Waals surface area contributed by atoms with Crippen molar-refractivity contribution in [1.29, 1.82) is 0 Å². The van der Waals surface area contributed by atoms with Gasteiger partial charge in [0.2, 0.25) is 5.91 Å². The van der Waals surface area contributed by atoms with E-state index in [0.717, 1.165) is 49.0 Å². The van der Waals surface area contributed by atoms with Crippen LogP contribution in [0.1, 0.15) is 56.6 Å². The Hall–Kier alpha value is -1.84. The number of aliphatic carboxylic acids is 1. The van der Waals surface area contributed by atoms with Gasteiger partial charge in [-0.1, -0.05) is 31.9 Å². The van der Waals surface area contributed by atoms with Crippen molar-refractivity contribution in [3.8, 4) is 0 Å². The Morgan fingerprint density at radius 2 is 2.14 bits per heavy atom. The van der Waals surface area contributed by atoms with Crippen LogP contribution in [0.4, 0.5) is 5.69 Å². The lowest BCUT2D eigenvalue weighted by molar-refractivity contribution is -0.137. The van der Waals surface area contributed by atoms with Crippen molar-refractivity contribution >= 4 is 17.6 Å². The first-order chi connectivity index (χ1) is 10.0. The molecule has 0 spiro atoms. The van der Waals surface area contributed by atoms with Gasteiger partial charge in [0.05, 0.1) is 6.42 Å². The number of carbonyl (C=O) groups is 2. The second-order valence-corrected chi connectivity index (χ2v) is 5.75. The van der Waals surface area contributed by atoms with E-state index in [4.69, 9.17) is 5.11 Å². The Balaban J connectivity index is 2.23. The SMILES string of the molecule is CCCC[C@@H](CC(=O)O)c1ccc2c(c1)CCN2C(C)=O. The number of carbonyl (C=O) groups excluding carboxylic acids is 1. The molecule has 1 aromatic carbocycles. The van der Waals surface area contributed by atoms with Gasteiger partial charge in [-0.15, -0.1) is 0 Å². The zero-order valence-corrected chi connectivity index (χ0v) is 12.8. The summed E-state index contributed by atoms with van der Waals surface area (Å²) in [6.07, 6.45) is 4.04. The summed E-state index contributed by atoms with van der Waals surface area (Å²) >= 11 is 0. The van der Waals surface area contributed by atoms with Gasteiger partial charge >= 0.3 is 5.97 Å². The number of rotatable bonds is 6. The number of fused-ring (bicyclic) bond motifs is 1. The minimum Gasteiger partial charge on any atom is -0.481 e. The lowest BCUT2D eigenvalue weighted by atomic mass is 9.89. The molecule has 1 atom stereocenters. The molecule has 4 nitrogen and oxygen atoms in total. The summed E-state index contributed by atoms with van der Waals surface area (Å²) in [5, 5.41) is 9.10. The Kier molecular flexibility index (Phi) is 4.99. The normalized spacial score (nSPS) is 14.9. The number of anilines is 1. The van der Waals surface area contributed by atoms with Crippen molar-refractivity contribution in [2.75, 3.05) is 11.4 Å². The van der Waals surface area contributed by atoms with E-state index < -0.39 is 5.97 Å². The Labute approximate surface area is 125 Å². The number of carboxylic acids is 1. The second-order valence-electron chi connectivity index (χ2n) is 5.75. The van der Waals surface area contributed by atoms with Crippen LogP contribution in [0.3, 0.4) is 0 Å². The minimum absolute atomic E-state index is 0.0644. The molecule has 114 valence electrons. The predicted octanol–water partition coefficient (Wildman–Crippen LogP) is 3.34. The lowest BCUT2D eigenvalue weighted by Crippen LogP contribution is -2.25. The first kappa shape index (κ1) is 15.5. The summed E-state index contributed by atoms with van der Waals surface area (Å²) < 4.78 is 0. The van der Waals surface area contributed by atoms with Crippen molar-refractivity contribution in [2.45, 2.75) is 51.9 Å². The maximum absolute atomic E-state index is 11.6. The molecule has 1 aromatic rings. The molecule has 0 saturated carbocycles. The molecular formula is C17H23NO3. The van der Waals surface area contributed by atoms with Crippen LogP contribution in [0, 0.1) is 0 Å². The number of nitrogens with zero attached hydrogens (tertiary/aromatic N) is 1. The van der Waals surface area contributed by atoms with Crippen LogP contribution < -0.4 is 4.90 Å². The first-order valence-electron chi connectivity index (χ1n) is 7.65. The highest BCUT2D eigenvalue weighted by Crippen LogP contribution is 2.33. The number of carboxylic acid groups (broad SMARTS) is 1. The Bertz CT molecular complexity index is 539. The molecule has 1 N–H and O–H groups in total. The van der Waals surface area contributed by atoms with Gasteiger partial charge in [0, 0.05) is 19.2 Å². The predicted molar refractivity (Wildman–Crippen MR) is 82.7 cm³/mol. The number of amides is 1. The molecule has 21 heavy (non-hydrogen) atoms.